The van der Waals surface area contributed by atoms with Crippen LogP contribution in [0.25, 0.3) is 0 Å². The molecule has 0 aliphatic rings. The van der Waals surface area contributed by atoms with Crippen molar-refractivity contribution < 1.29 is 0 Å². The third-order valence-electron chi connectivity index (χ3n) is 2.39. The first-order valence-corrected chi connectivity index (χ1v) is 5.67. The molecule has 0 fully saturated rings. The molecule has 0 bridgehead atoms. The van der Waals surface area contributed by atoms with Crippen LogP contribution in [-0.4, -0.2) is 4.42 Å². The topological polar surface area (TPSA) is 3.24 Å². The quantitative estimate of drug-likeness (QED) is 0.723. The molecule has 0 aliphatic carbocycles. The molecule has 82 valence electrons. The molecule has 2 heteroatoms. The highest BCUT2D eigenvalue weighted by Crippen LogP contribution is 2.11. The van der Waals surface area contributed by atoms with Crippen molar-refractivity contribution in [3.05, 3.63) is 71.8 Å². The molecule has 0 aliphatic heterocycles. The van der Waals surface area contributed by atoms with Gasteiger partial charge in [-0.15, -0.1) is 0 Å². The van der Waals surface area contributed by atoms with Crippen LogP contribution in [0.15, 0.2) is 60.7 Å². The Kier molecular flexibility index (Phi) is 3.97. The van der Waals surface area contributed by atoms with Gasteiger partial charge in [-0.1, -0.05) is 60.7 Å². The van der Waals surface area contributed by atoms with Crippen molar-refractivity contribution in [2.75, 3.05) is 0 Å². The molecule has 0 heterocycles. The molecule has 2 aromatic carbocycles. The summed E-state index contributed by atoms with van der Waals surface area (Å²) in [6, 6.07) is 20.5. The van der Waals surface area contributed by atoms with Gasteiger partial charge in [-0.05, 0) is 22.9 Å². The lowest BCUT2D eigenvalue weighted by Crippen LogP contribution is -2.10. The fourth-order valence-corrected chi connectivity index (χ4v) is 1.89. The Morgan fingerprint density at radius 3 is 1.44 bits per heavy atom. The van der Waals surface area contributed by atoms with Crippen LogP contribution in [0.2, 0.25) is 0 Å². The number of benzene rings is 2. The van der Waals surface area contributed by atoms with Gasteiger partial charge in [0.25, 0.3) is 0 Å². The number of halogens is 1. The van der Waals surface area contributed by atoms with Crippen LogP contribution in [0.5, 0.6) is 0 Å². The second-order valence-electron chi connectivity index (χ2n) is 3.75. The van der Waals surface area contributed by atoms with Crippen molar-refractivity contribution in [1.82, 2.24) is 4.42 Å². The normalized spacial score (nSPS) is 10.6. The van der Waals surface area contributed by atoms with E-state index in [0.29, 0.717) is 0 Å². The van der Waals surface area contributed by atoms with Gasteiger partial charge < -0.3 is 0 Å². The Bertz CT molecular complexity index is 372. The second-order valence-corrected chi connectivity index (χ2v) is 4.23. The average molecular weight is 232 g/mol. The van der Waals surface area contributed by atoms with Crippen LogP contribution in [0, 0.1) is 0 Å². The predicted molar refractivity (Wildman–Crippen MR) is 68.0 cm³/mol. The first-order valence-electron chi connectivity index (χ1n) is 5.33. The number of hydrogen-bond donors (Lipinski definition) is 0. The lowest BCUT2D eigenvalue weighted by Gasteiger charge is -2.13. The van der Waals surface area contributed by atoms with Gasteiger partial charge in [0.15, 0.2) is 0 Å². The summed E-state index contributed by atoms with van der Waals surface area (Å²) in [6.07, 6.45) is 0. The maximum absolute atomic E-state index is 6.18. The molecular formula is C14H14ClN. The molecule has 0 N–H and O–H groups in total. The van der Waals surface area contributed by atoms with Crippen molar-refractivity contribution in [3.8, 4) is 0 Å². The standard InChI is InChI=1S/C14H14ClN/c15-16(11-13-7-3-1-4-8-13)12-14-9-5-2-6-10-14/h1-10H,11-12H2. The molecule has 0 spiro atoms. The zero-order valence-corrected chi connectivity index (χ0v) is 9.77. The second kappa shape index (κ2) is 5.69. The van der Waals surface area contributed by atoms with E-state index >= 15 is 0 Å². The third kappa shape index (κ3) is 3.37. The summed E-state index contributed by atoms with van der Waals surface area (Å²) in [5.74, 6) is 0. The van der Waals surface area contributed by atoms with Gasteiger partial charge in [0.05, 0.1) is 0 Å². The highest BCUT2D eigenvalue weighted by molar-refractivity contribution is 6.13. The minimum atomic E-state index is 0.761. The molecule has 0 saturated heterocycles. The monoisotopic (exact) mass is 231 g/mol. The summed E-state index contributed by atoms with van der Waals surface area (Å²) in [5.41, 5.74) is 2.46. The SMILES string of the molecule is ClN(Cc1ccccc1)Cc1ccccc1. The van der Waals surface area contributed by atoms with E-state index in [-0.39, 0.29) is 0 Å². The molecule has 1 nitrogen and oxygen atoms in total. The summed E-state index contributed by atoms with van der Waals surface area (Å²) in [7, 11) is 0. The van der Waals surface area contributed by atoms with Gasteiger partial charge >= 0.3 is 0 Å². The molecule has 0 unspecified atom stereocenters. The maximum Gasteiger partial charge on any atom is 0.0393 e. The maximum atomic E-state index is 6.18. The highest BCUT2D eigenvalue weighted by Gasteiger charge is 2.02. The van der Waals surface area contributed by atoms with Gasteiger partial charge in [-0.2, -0.15) is 0 Å². The minimum absolute atomic E-state index is 0.761. The fraction of sp³-hybridized carbons (Fsp3) is 0.143. The van der Waals surface area contributed by atoms with Gasteiger partial charge in [0.2, 0.25) is 0 Å². The van der Waals surface area contributed by atoms with E-state index in [4.69, 9.17) is 11.8 Å². The van der Waals surface area contributed by atoms with Crippen molar-refractivity contribution in [2.24, 2.45) is 0 Å². The Balaban J connectivity index is 1.92. The van der Waals surface area contributed by atoms with Crippen molar-refractivity contribution in [2.45, 2.75) is 13.1 Å². The van der Waals surface area contributed by atoms with Crippen LogP contribution in [0.3, 0.4) is 0 Å². The van der Waals surface area contributed by atoms with Crippen LogP contribution in [-0.2, 0) is 13.1 Å². The van der Waals surface area contributed by atoms with Gasteiger partial charge in [-0.3, -0.25) is 0 Å². The van der Waals surface area contributed by atoms with Crippen molar-refractivity contribution in [3.63, 3.8) is 0 Å². The van der Waals surface area contributed by atoms with Gasteiger partial charge in [0, 0.05) is 13.1 Å². The zero-order valence-electron chi connectivity index (χ0n) is 9.01. The summed E-state index contributed by atoms with van der Waals surface area (Å²) in [6.45, 7) is 1.52. The molecule has 0 atom stereocenters. The van der Waals surface area contributed by atoms with Crippen molar-refractivity contribution >= 4 is 11.8 Å². The Labute approximate surface area is 101 Å². The Hall–Kier alpha value is -1.31. The van der Waals surface area contributed by atoms with E-state index in [2.05, 4.69) is 24.3 Å². The zero-order chi connectivity index (χ0) is 11.2. The summed E-state index contributed by atoms with van der Waals surface area (Å²) in [5, 5.41) is 0. The molecule has 16 heavy (non-hydrogen) atoms. The molecule has 2 aromatic rings. The summed E-state index contributed by atoms with van der Waals surface area (Å²) < 4.78 is 1.80. The minimum Gasteiger partial charge on any atom is -0.211 e. The lowest BCUT2D eigenvalue weighted by atomic mass is 10.2. The summed E-state index contributed by atoms with van der Waals surface area (Å²) >= 11 is 6.18. The molecule has 0 saturated carbocycles. The lowest BCUT2D eigenvalue weighted by molar-refractivity contribution is 0.445. The van der Waals surface area contributed by atoms with E-state index in [1.807, 2.05) is 36.4 Å². The Morgan fingerprint density at radius 2 is 1.06 bits per heavy atom. The molecular weight excluding hydrogens is 218 g/mol. The van der Waals surface area contributed by atoms with Crippen molar-refractivity contribution in [1.29, 1.82) is 0 Å². The van der Waals surface area contributed by atoms with E-state index < -0.39 is 0 Å². The average Bonchev–Trinajstić information content (AvgIpc) is 2.31. The number of nitrogens with zero attached hydrogens (tertiary/aromatic N) is 1. The van der Waals surface area contributed by atoms with Crippen LogP contribution < -0.4 is 0 Å². The van der Waals surface area contributed by atoms with Gasteiger partial charge in [-0.25, -0.2) is 4.42 Å². The fourth-order valence-electron chi connectivity index (χ4n) is 1.62. The van der Waals surface area contributed by atoms with E-state index in [0.717, 1.165) is 13.1 Å². The molecule has 0 radical (unpaired) electrons. The first kappa shape index (κ1) is 11.2. The van der Waals surface area contributed by atoms with Gasteiger partial charge in [0.1, 0.15) is 0 Å². The van der Waals surface area contributed by atoms with E-state index in [1.165, 1.54) is 11.1 Å². The predicted octanol–water partition coefficient (Wildman–Crippen LogP) is 3.84. The smallest absolute Gasteiger partial charge is 0.0393 e. The molecule has 0 amide bonds. The van der Waals surface area contributed by atoms with Crippen LogP contribution in [0.4, 0.5) is 0 Å². The van der Waals surface area contributed by atoms with E-state index in [1.54, 1.807) is 4.42 Å². The number of rotatable bonds is 4. The third-order valence-corrected chi connectivity index (χ3v) is 2.63. The van der Waals surface area contributed by atoms with Crippen LogP contribution in [0.1, 0.15) is 11.1 Å². The first-order chi connectivity index (χ1) is 7.84. The van der Waals surface area contributed by atoms with Crippen LogP contribution >= 0.6 is 11.8 Å². The molecule has 2 rings (SSSR count). The summed E-state index contributed by atoms with van der Waals surface area (Å²) in [4.78, 5) is 0. The Morgan fingerprint density at radius 1 is 0.688 bits per heavy atom. The van der Waals surface area contributed by atoms with E-state index in [9.17, 15) is 0 Å². The largest absolute Gasteiger partial charge is 0.211 e. The highest BCUT2D eigenvalue weighted by atomic mass is 35.5. The number of hydrogen-bond acceptors (Lipinski definition) is 1. The molecule has 0 aromatic heterocycles.